The van der Waals surface area contributed by atoms with E-state index in [9.17, 15) is 0 Å². The van der Waals surface area contributed by atoms with Crippen LogP contribution in [0, 0.1) is 5.41 Å². The summed E-state index contributed by atoms with van der Waals surface area (Å²) in [6, 6.07) is 0. The Morgan fingerprint density at radius 3 is 2.44 bits per heavy atom. The highest BCUT2D eigenvalue weighted by atomic mass is 32.1. The topological polar surface area (TPSA) is 24.9 Å². The Morgan fingerprint density at radius 1 is 1.25 bits per heavy atom. The molecule has 0 saturated carbocycles. The van der Waals surface area contributed by atoms with E-state index in [-0.39, 0.29) is 0 Å². The van der Waals surface area contributed by atoms with Gasteiger partial charge in [-0.05, 0) is 18.4 Å². The van der Waals surface area contributed by atoms with Gasteiger partial charge in [-0.15, -0.1) is 11.3 Å². The Kier molecular flexibility index (Phi) is 4.93. The molecule has 92 valence electrons. The number of nitrogens with one attached hydrogen (secondary N) is 1. The lowest BCUT2D eigenvalue weighted by Crippen LogP contribution is -2.11. The predicted octanol–water partition coefficient (Wildman–Crippen LogP) is 3.40. The summed E-state index contributed by atoms with van der Waals surface area (Å²) in [4.78, 5) is 6.17. The van der Waals surface area contributed by atoms with Gasteiger partial charge in [0, 0.05) is 17.8 Å². The first kappa shape index (κ1) is 13.7. The maximum absolute atomic E-state index is 4.75. The van der Waals surface area contributed by atoms with Crippen molar-refractivity contribution in [2.75, 3.05) is 6.54 Å². The van der Waals surface area contributed by atoms with Crippen molar-refractivity contribution in [3.8, 4) is 0 Å². The largest absolute Gasteiger partial charge is 0.312 e. The van der Waals surface area contributed by atoms with Crippen molar-refractivity contribution in [3.05, 3.63) is 15.6 Å². The minimum absolute atomic E-state index is 0.332. The van der Waals surface area contributed by atoms with E-state index >= 15 is 0 Å². The summed E-state index contributed by atoms with van der Waals surface area (Å²) >= 11 is 1.88. The third kappa shape index (κ3) is 4.22. The van der Waals surface area contributed by atoms with Crippen LogP contribution in [0.3, 0.4) is 0 Å². The molecule has 0 fully saturated rings. The number of aromatic nitrogens is 1. The number of hydrogen-bond acceptors (Lipinski definition) is 3. The fraction of sp³-hybridized carbons (Fsp3) is 0.769. The monoisotopic (exact) mass is 240 g/mol. The van der Waals surface area contributed by atoms with E-state index in [1.165, 1.54) is 15.6 Å². The summed E-state index contributed by atoms with van der Waals surface area (Å²) in [6.07, 6.45) is 2.12. The molecule has 0 amide bonds. The molecule has 0 saturated heterocycles. The highest BCUT2D eigenvalue weighted by Gasteiger charge is 2.16. The highest BCUT2D eigenvalue weighted by Crippen LogP contribution is 2.26. The van der Waals surface area contributed by atoms with Gasteiger partial charge in [-0.25, -0.2) is 4.98 Å². The molecule has 0 unspecified atom stereocenters. The Labute approximate surface area is 103 Å². The van der Waals surface area contributed by atoms with Gasteiger partial charge in [0.05, 0.1) is 10.7 Å². The Hall–Kier alpha value is -0.410. The van der Waals surface area contributed by atoms with Crippen molar-refractivity contribution < 1.29 is 0 Å². The first-order valence-corrected chi connectivity index (χ1v) is 6.96. The second-order valence-electron chi connectivity index (χ2n) is 5.35. The van der Waals surface area contributed by atoms with Gasteiger partial charge in [0.15, 0.2) is 0 Å². The molecule has 0 aliphatic heterocycles. The van der Waals surface area contributed by atoms with Gasteiger partial charge in [-0.1, -0.05) is 34.6 Å². The lowest BCUT2D eigenvalue weighted by molar-refractivity contribution is 0.410. The average Bonchev–Trinajstić information content (AvgIpc) is 2.54. The van der Waals surface area contributed by atoms with Gasteiger partial charge in [0.25, 0.3) is 0 Å². The van der Waals surface area contributed by atoms with E-state index in [0.29, 0.717) is 5.41 Å². The van der Waals surface area contributed by atoms with Crippen molar-refractivity contribution >= 4 is 11.3 Å². The molecule has 16 heavy (non-hydrogen) atoms. The van der Waals surface area contributed by atoms with Crippen molar-refractivity contribution in [1.29, 1.82) is 0 Å². The molecule has 2 nitrogen and oxygen atoms in total. The molecule has 0 radical (unpaired) electrons. The van der Waals surface area contributed by atoms with Crippen LogP contribution in [0.5, 0.6) is 0 Å². The summed E-state index contributed by atoms with van der Waals surface area (Å²) < 4.78 is 0. The molecular formula is C13H24N2S. The van der Waals surface area contributed by atoms with Gasteiger partial charge < -0.3 is 5.32 Å². The number of thiazole rings is 1. The van der Waals surface area contributed by atoms with Crippen LogP contribution >= 0.6 is 11.3 Å². The molecule has 1 heterocycles. The number of rotatable bonds is 5. The predicted molar refractivity (Wildman–Crippen MR) is 72.0 cm³/mol. The zero-order valence-corrected chi connectivity index (χ0v) is 12.0. The van der Waals surface area contributed by atoms with Crippen LogP contribution in [0.4, 0.5) is 0 Å². The molecule has 3 heteroatoms. The van der Waals surface area contributed by atoms with Gasteiger partial charge in [-0.2, -0.15) is 0 Å². The van der Waals surface area contributed by atoms with E-state index in [4.69, 9.17) is 4.98 Å². The first-order valence-electron chi connectivity index (χ1n) is 6.14. The standard InChI is InChI=1S/C13H24N2S/c1-6-10-11(9-14-7-2)16-12(15-10)8-13(3,4)5/h14H,6-9H2,1-5H3. The summed E-state index contributed by atoms with van der Waals surface area (Å²) in [5, 5.41) is 4.67. The lowest BCUT2D eigenvalue weighted by atomic mass is 9.93. The Bertz CT molecular complexity index is 323. The molecule has 0 aliphatic carbocycles. The van der Waals surface area contributed by atoms with E-state index in [1.807, 2.05) is 11.3 Å². The van der Waals surface area contributed by atoms with Crippen molar-refractivity contribution in [2.24, 2.45) is 5.41 Å². The molecule has 0 aliphatic rings. The van der Waals surface area contributed by atoms with Crippen molar-refractivity contribution in [1.82, 2.24) is 10.3 Å². The molecule has 1 rings (SSSR count). The number of aryl methyl sites for hydroxylation is 1. The van der Waals surface area contributed by atoms with E-state index < -0.39 is 0 Å². The molecule has 1 aromatic heterocycles. The second kappa shape index (κ2) is 5.78. The van der Waals surface area contributed by atoms with Crippen LogP contribution in [-0.2, 0) is 19.4 Å². The Balaban J connectivity index is 2.77. The smallest absolute Gasteiger partial charge is 0.0936 e. The zero-order chi connectivity index (χ0) is 12.2. The number of nitrogens with zero attached hydrogens (tertiary/aromatic N) is 1. The lowest BCUT2D eigenvalue weighted by Gasteiger charge is -2.15. The van der Waals surface area contributed by atoms with Crippen LogP contribution in [0.1, 0.15) is 50.2 Å². The minimum atomic E-state index is 0.332. The van der Waals surface area contributed by atoms with Gasteiger partial charge >= 0.3 is 0 Å². The summed E-state index contributed by atoms with van der Waals surface area (Å²) in [5.41, 5.74) is 1.61. The van der Waals surface area contributed by atoms with E-state index in [0.717, 1.165) is 25.9 Å². The molecule has 0 aromatic carbocycles. The highest BCUT2D eigenvalue weighted by molar-refractivity contribution is 7.11. The van der Waals surface area contributed by atoms with Gasteiger partial charge in [0.2, 0.25) is 0 Å². The van der Waals surface area contributed by atoms with Gasteiger partial charge in [-0.3, -0.25) is 0 Å². The zero-order valence-electron chi connectivity index (χ0n) is 11.2. The third-order valence-corrected chi connectivity index (χ3v) is 3.47. The maximum Gasteiger partial charge on any atom is 0.0936 e. The molecule has 0 spiro atoms. The minimum Gasteiger partial charge on any atom is -0.312 e. The van der Waals surface area contributed by atoms with Crippen LogP contribution in [-0.4, -0.2) is 11.5 Å². The van der Waals surface area contributed by atoms with Gasteiger partial charge in [0.1, 0.15) is 0 Å². The molecular weight excluding hydrogens is 216 g/mol. The average molecular weight is 240 g/mol. The summed E-state index contributed by atoms with van der Waals surface area (Å²) in [7, 11) is 0. The van der Waals surface area contributed by atoms with E-state index in [1.54, 1.807) is 0 Å². The maximum atomic E-state index is 4.75. The molecule has 1 aromatic rings. The summed E-state index contributed by atoms with van der Waals surface area (Å²) in [6.45, 7) is 13.1. The molecule has 0 atom stereocenters. The fourth-order valence-corrected chi connectivity index (χ4v) is 3.05. The van der Waals surface area contributed by atoms with E-state index in [2.05, 4.69) is 39.9 Å². The quantitative estimate of drug-likeness (QED) is 0.853. The summed E-state index contributed by atoms with van der Waals surface area (Å²) in [5.74, 6) is 0. The second-order valence-corrected chi connectivity index (χ2v) is 6.52. The first-order chi connectivity index (χ1) is 7.46. The molecule has 0 bridgehead atoms. The Morgan fingerprint density at radius 2 is 1.94 bits per heavy atom. The fourth-order valence-electron chi connectivity index (χ4n) is 1.62. The van der Waals surface area contributed by atoms with Crippen molar-refractivity contribution in [3.63, 3.8) is 0 Å². The molecule has 1 N–H and O–H groups in total. The number of hydrogen-bond donors (Lipinski definition) is 1. The SMILES string of the molecule is CCNCc1sc(CC(C)(C)C)nc1CC. The normalized spacial score (nSPS) is 12.1. The van der Waals surface area contributed by atoms with Crippen LogP contribution in [0.25, 0.3) is 0 Å². The van der Waals surface area contributed by atoms with Crippen molar-refractivity contribution in [2.45, 2.75) is 54.0 Å². The van der Waals surface area contributed by atoms with Crippen LogP contribution in [0.2, 0.25) is 0 Å². The van der Waals surface area contributed by atoms with Crippen LogP contribution in [0.15, 0.2) is 0 Å². The van der Waals surface area contributed by atoms with Crippen LogP contribution < -0.4 is 5.32 Å². The third-order valence-electron chi connectivity index (χ3n) is 2.37.